The summed E-state index contributed by atoms with van der Waals surface area (Å²) >= 11 is 5.87. The molecule has 2 rings (SSSR count). The maximum absolute atomic E-state index is 13.3. The molecule has 4 heteroatoms. The number of rotatable bonds is 4. The van der Waals surface area contributed by atoms with Gasteiger partial charge >= 0.3 is 0 Å². The molecule has 1 aromatic rings. The summed E-state index contributed by atoms with van der Waals surface area (Å²) in [6, 6.07) is 4.94. The Morgan fingerprint density at radius 1 is 1.38 bits per heavy atom. The van der Waals surface area contributed by atoms with Crippen molar-refractivity contribution in [2.24, 2.45) is 11.7 Å². The highest BCUT2D eigenvalue weighted by Crippen LogP contribution is 2.38. The fourth-order valence-corrected chi connectivity index (χ4v) is 3.73. The summed E-state index contributed by atoms with van der Waals surface area (Å²) < 4.78 is 13.3. The molecule has 2 nitrogen and oxygen atoms in total. The highest BCUT2D eigenvalue weighted by molar-refractivity contribution is 6.30. The van der Waals surface area contributed by atoms with E-state index >= 15 is 0 Å². The molecular formula is C17H26ClFN2. The lowest BCUT2D eigenvalue weighted by atomic mass is 9.71. The van der Waals surface area contributed by atoms with E-state index in [1.54, 1.807) is 12.1 Å². The highest BCUT2D eigenvalue weighted by atomic mass is 35.5. The van der Waals surface area contributed by atoms with Crippen LogP contribution in [0.4, 0.5) is 4.39 Å². The SMILES string of the molecule is CC1CCC(C(N)Cc2ccc(F)c(Cl)c2)(N(C)C)CC1. The van der Waals surface area contributed by atoms with Gasteiger partial charge in [0.05, 0.1) is 5.02 Å². The Morgan fingerprint density at radius 2 is 2.00 bits per heavy atom. The number of halogens is 2. The molecule has 0 radical (unpaired) electrons. The van der Waals surface area contributed by atoms with Gasteiger partial charge in [0.25, 0.3) is 0 Å². The van der Waals surface area contributed by atoms with Crippen LogP contribution in [0.25, 0.3) is 0 Å². The molecule has 2 N–H and O–H groups in total. The van der Waals surface area contributed by atoms with Crippen LogP contribution in [0, 0.1) is 11.7 Å². The van der Waals surface area contributed by atoms with Gasteiger partial charge in [-0.3, -0.25) is 0 Å². The van der Waals surface area contributed by atoms with Crippen LogP contribution in [0.3, 0.4) is 0 Å². The summed E-state index contributed by atoms with van der Waals surface area (Å²) in [5.74, 6) is 0.411. The summed E-state index contributed by atoms with van der Waals surface area (Å²) in [4.78, 5) is 2.29. The Labute approximate surface area is 132 Å². The van der Waals surface area contributed by atoms with Crippen LogP contribution in [-0.2, 0) is 6.42 Å². The van der Waals surface area contributed by atoms with Gasteiger partial charge in [-0.05, 0) is 69.8 Å². The van der Waals surface area contributed by atoms with Crippen molar-refractivity contribution < 1.29 is 4.39 Å². The van der Waals surface area contributed by atoms with Gasteiger partial charge in [-0.2, -0.15) is 0 Å². The van der Waals surface area contributed by atoms with Crippen molar-refractivity contribution in [2.75, 3.05) is 14.1 Å². The predicted octanol–water partition coefficient (Wildman–Crippen LogP) is 3.86. The van der Waals surface area contributed by atoms with Crippen LogP contribution >= 0.6 is 11.6 Å². The summed E-state index contributed by atoms with van der Waals surface area (Å²) in [5, 5.41) is 0.177. The monoisotopic (exact) mass is 312 g/mol. The van der Waals surface area contributed by atoms with E-state index in [4.69, 9.17) is 17.3 Å². The molecule has 0 bridgehead atoms. The molecule has 1 aromatic carbocycles. The first-order chi connectivity index (χ1) is 9.85. The van der Waals surface area contributed by atoms with Crippen LogP contribution in [-0.4, -0.2) is 30.6 Å². The second kappa shape index (κ2) is 6.64. The van der Waals surface area contributed by atoms with Gasteiger partial charge in [0.1, 0.15) is 5.82 Å². The molecule has 1 atom stereocenters. The summed E-state index contributed by atoms with van der Waals surface area (Å²) in [6.07, 6.45) is 5.41. The first-order valence-corrected chi connectivity index (χ1v) is 8.10. The smallest absolute Gasteiger partial charge is 0.141 e. The molecule has 0 aliphatic heterocycles. The lowest BCUT2D eigenvalue weighted by Gasteiger charge is -2.48. The molecule has 1 aliphatic rings. The highest BCUT2D eigenvalue weighted by Gasteiger charge is 2.41. The largest absolute Gasteiger partial charge is 0.326 e. The molecule has 0 aromatic heterocycles. The molecule has 0 spiro atoms. The number of likely N-dealkylation sites (N-methyl/N-ethyl adjacent to an activating group) is 1. The maximum Gasteiger partial charge on any atom is 0.141 e. The fraction of sp³-hybridized carbons (Fsp3) is 0.647. The minimum absolute atomic E-state index is 0.0292. The molecular weight excluding hydrogens is 287 g/mol. The lowest BCUT2D eigenvalue weighted by Crippen LogP contribution is -2.59. The molecule has 0 amide bonds. The standard InChI is InChI=1S/C17H26ClFN2/c1-12-6-8-17(9-7-12,21(2)3)16(20)11-13-4-5-15(19)14(18)10-13/h4-5,10,12,16H,6-9,11,20H2,1-3H3. The topological polar surface area (TPSA) is 29.3 Å². The van der Waals surface area contributed by atoms with Crippen molar-refractivity contribution in [1.82, 2.24) is 4.90 Å². The van der Waals surface area contributed by atoms with Crippen molar-refractivity contribution >= 4 is 11.6 Å². The van der Waals surface area contributed by atoms with E-state index < -0.39 is 0 Å². The third kappa shape index (κ3) is 3.58. The summed E-state index contributed by atoms with van der Waals surface area (Å²) in [5.41, 5.74) is 7.61. The average Bonchev–Trinajstić information content (AvgIpc) is 2.43. The van der Waals surface area contributed by atoms with E-state index in [1.807, 2.05) is 0 Å². The van der Waals surface area contributed by atoms with Crippen molar-refractivity contribution in [2.45, 2.75) is 50.6 Å². The molecule has 1 fully saturated rings. The Morgan fingerprint density at radius 3 is 2.52 bits per heavy atom. The number of benzene rings is 1. The molecule has 118 valence electrons. The van der Waals surface area contributed by atoms with E-state index in [2.05, 4.69) is 25.9 Å². The Balaban J connectivity index is 2.15. The number of hydrogen-bond acceptors (Lipinski definition) is 2. The van der Waals surface area contributed by atoms with Gasteiger partial charge < -0.3 is 10.6 Å². The molecule has 21 heavy (non-hydrogen) atoms. The Hall–Kier alpha value is -0.640. The minimum atomic E-state index is -0.372. The Bertz CT molecular complexity index is 482. The normalized spacial score (nSPS) is 27.9. The quantitative estimate of drug-likeness (QED) is 0.914. The summed E-state index contributed by atoms with van der Waals surface area (Å²) in [7, 11) is 4.24. The first-order valence-electron chi connectivity index (χ1n) is 7.72. The maximum atomic E-state index is 13.3. The second-order valence-electron chi connectivity index (χ2n) is 6.74. The molecule has 1 saturated carbocycles. The van der Waals surface area contributed by atoms with Crippen LogP contribution < -0.4 is 5.73 Å². The van der Waals surface area contributed by atoms with Crippen LogP contribution in [0.15, 0.2) is 18.2 Å². The van der Waals surface area contributed by atoms with Gasteiger partial charge in [0.2, 0.25) is 0 Å². The van der Waals surface area contributed by atoms with Gasteiger partial charge in [-0.25, -0.2) is 4.39 Å². The van der Waals surface area contributed by atoms with Gasteiger partial charge in [0.15, 0.2) is 0 Å². The van der Waals surface area contributed by atoms with Gasteiger partial charge in [-0.1, -0.05) is 24.6 Å². The van der Waals surface area contributed by atoms with Crippen LogP contribution in [0.5, 0.6) is 0 Å². The zero-order valence-corrected chi connectivity index (χ0v) is 14.0. The number of nitrogens with two attached hydrogens (primary N) is 1. The zero-order valence-electron chi connectivity index (χ0n) is 13.2. The second-order valence-corrected chi connectivity index (χ2v) is 7.15. The van der Waals surface area contributed by atoms with Gasteiger partial charge in [-0.15, -0.1) is 0 Å². The minimum Gasteiger partial charge on any atom is -0.326 e. The predicted molar refractivity (Wildman–Crippen MR) is 87.1 cm³/mol. The van der Waals surface area contributed by atoms with Crippen molar-refractivity contribution in [3.05, 3.63) is 34.6 Å². The summed E-state index contributed by atoms with van der Waals surface area (Å²) in [6.45, 7) is 2.31. The van der Waals surface area contributed by atoms with E-state index in [0.717, 1.165) is 30.7 Å². The number of hydrogen-bond donors (Lipinski definition) is 1. The van der Waals surface area contributed by atoms with Crippen molar-refractivity contribution in [3.63, 3.8) is 0 Å². The molecule has 0 heterocycles. The van der Waals surface area contributed by atoms with E-state index in [1.165, 1.54) is 18.9 Å². The van der Waals surface area contributed by atoms with E-state index in [0.29, 0.717) is 0 Å². The van der Waals surface area contributed by atoms with E-state index in [9.17, 15) is 4.39 Å². The molecule has 1 unspecified atom stereocenters. The van der Waals surface area contributed by atoms with Crippen LogP contribution in [0.2, 0.25) is 5.02 Å². The fourth-order valence-electron chi connectivity index (χ4n) is 3.52. The van der Waals surface area contributed by atoms with Crippen molar-refractivity contribution in [1.29, 1.82) is 0 Å². The average molecular weight is 313 g/mol. The number of nitrogens with zero attached hydrogens (tertiary/aromatic N) is 1. The molecule has 1 aliphatic carbocycles. The molecule has 0 saturated heterocycles. The zero-order chi connectivity index (χ0) is 15.6. The van der Waals surface area contributed by atoms with Crippen molar-refractivity contribution in [3.8, 4) is 0 Å². The van der Waals surface area contributed by atoms with Crippen LogP contribution in [0.1, 0.15) is 38.2 Å². The third-order valence-electron chi connectivity index (χ3n) is 5.16. The lowest BCUT2D eigenvalue weighted by molar-refractivity contribution is 0.0568. The Kier molecular flexibility index (Phi) is 5.29. The van der Waals surface area contributed by atoms with E-state index in [-0.39, 0.29) is 22.4 Å². The first kappa shape index (κ1) is 16.7. The van der Waals surface area contributed by atoms with Gasteiger partial charge in [0, 0.05) is 11.6 Å². The third-order valence-corrected chi connectivity index (χ3v) is 5.45.